The van der Waals surface area contributed by atoms with E-state index in [1.165, 1.54) is 50.6 Å². The van der Waals surface area contributed by atoms with Crippen molar-refractivity contribution in [1.29, 1.82) is 0 Å². The smallest absolute Gasteiger partial charge is 0.0521 e. The fourth-order valence-corrected chi connectivity index (χ4v) is 3.34. The highest BCUT2D eigenvalue weighted by Crippen LogP contribution is 2.38. The molecule has 0 atom stereocenters. The Labute approximate surface area is 117 Å². The van der Waals surface area contributed by atoms with Crippen LogP contribution in [0.3, 0.4) is 0 Å². The molecule has 3 heteroatoms. The molecule has 0 amide bonds. The number of hydrogen-bond acceptors (Lipinski definition) is 2. The molecule has 1 saturated carbocycles. The third-order valence-electron chi connectivity index (χ3n) is 4.30. The minimum absolute atomic E-state index is 0.468. The van der Waals surface area contributed by atoms with Crippen molar-refractivity contribution in [2.45, 2.75) is 52.4 Å². The second-order valence-corrected chi connectivity index (χ2v) is 6.78. The summed E-state index contributed by atoms with van der Waals surface area (Å²) in [7, 11) is 2.01. The molecule has 0 bridgehead atoms. The molecule has 3 nitrogen and oxygen atoms in total. The first kappa shape index (κ1) is 14.6. The fraction of sp³-hybridized carbons (Fsp3) is 0.812. The van der Waals surface area contributed by atoms with E-state index >= 15 is 0 Å². The average molecular weight is 263 g/mol. The van der Waals surface area contributed by atoms with E-state index in [-0.39, 0.29) is 0 Å². The highest BCUT2D eigenvalue weighted by atomic mass is 15.2. The van der Waals surface area contributed by atoms with E-state index in [1.807, 2.05) is 17.9 Å². The van der Waals surface area contributed by atoms with Gasteiger partial charge in [0.05, 0.1) is 6.20 Å². The highest BCUT2D eigenvalue weighted by Gasteiger charge is 2.32. The lowest BCUT2D eigenvalue weighted by atomic mass is 9.70. The van der Waals surface area contributed by atoms with E-state index in [0.717, 1.165) is 12.5 Å². The molecule has 0 aromatic carbocycles. The van der Waals surface area contributed by atoms with Gasteiger partial charge in [-0.3, -0.25) is 4.68 Å². The number of aryl methyl sites for hydroxylation is 1. The molecule has 1 heterocycles. The van der Waals surface area contributed by atoms with Crippen molar-refractivity contribution in [2.75, 3.05) is 13.1 Å². The van der Waals surface area contributed by atoms with Crippen LogP contribution in [0.5, 0.6) is 0 Å². The van der Waals surface area contributed by atoms with Gasteiger partial charge in [-0.2, -0.15) is 5.10 Å². The molecule has 1 aromatic rings. The topological polar surface area (TPSA) is 29.9 Å². The summed E-state index contributed by atoms with van der Waals surface area (Å²) >= 11 is 0. The average Bonchev–Trinajstić information content (AvgIpc) is 2.75. The Hall–Kier alpha value is -0.830. The number of nitrogens with zero attached hydrogens (tertiary/aromatic N) is 2. The summed E-state index contributed by atoms with van der Waals surface area (Å²) in [6.45, 7) is 6.86. The number of rotatable bonds is 6. The predicted octanol–water partition coefficient (Wildman–Crippen LogP) is 3.16. The van der Waals surface area contributed by atoms with Crippen LogP contribution in [0.25, 0.3) is 0 Å². The molecule has 19 heavy (non-hydrogen) atoms. The Morgan fingerprint density at radius 1 is 1.32 bits per heavy atom. The van der Waals surface area contributed by atoms with Gasteiger partial charge in [0.2, 0.25) is 0 Å². The zero-order valence-corrected chi connectivity index (χ0v) is 12.8. The van der Waals surface area contributed by atoms with Gasteiger partial charge in [-0.25, -0.2) is 0 Å². The Morgan fingerprint density at radius 3 is 2.63 bits per heavy atom. The van der Waals surface area contributed by atoms with Gasteiger partial charge in [0.1, 0.15) is 0 Å². The first-order chi connectivity index (χ1) is 9.10. The van der Waals surface area contributed by atoms with E-state index in [4.69, 9.17) is 0 Å². The second-order valence-electron chi connectivity index (χ2n) is 6.78. The van der Waals surface area contributed by atoms with Gasteiger partial charge in [-0.1, -0.05) is 33.1 Å². The van der Waals surface area contributed by atoms with Crippen LogP contribution in [0.15, 0.2) is 12.4 Å². The Balaban J connectivity index is 1.97. The van der Waals surface area contributed by atoms with E-state index in [0.29, 0.717) is 5.41 Å². The largest absolute Gasteiger partial charge is 0.316 e. The van der Waals surface area contributed by atoms with Crippen LogP contribution in [-0.4, -0.2) is 22.9 Å². The van der Waals surface area contributed by atoms with Crippen LogP contribution in [0.1, 0.15) is 51.5 Å². The Kier molecular flexibility index (Phi) is 5.03. The zero-order valence-electron chi connectivity index (χ0n) is 12.8. The highest BCUT2D eigenvalue weighted by molar-refractivity contribution is 5.08. The summed E-state index contributed by atoms with van der Waals surface area (Å²) in [4.78, 5) is 0. The lowest BCUT2D eigenvalue weighted by molar-refractivity contribution is 0.179. The van der Waals surface area contributed by atoms with Crippen LogP contribution < -0.4 is 5.32 Å². The van der Waals surface area contributed by atoms with Crippen LogP contribution in [0.4, 0.5) is 0 Å². The number of hydrogen-bond donors (Lipinski definition) is 1. The standard InChI is InChI=1S/C16H29N3/c1-14(2)10-17-13-16(7-5-4-6-8-16)9-15-11-18-19(3)12-15/h11-12,14,17H,4-10,13H2,1-3H3. The van der Waals surface area contributed by atoms with Gasteiger partial charge in [0, 0.05) is 19.8 Å². The second kappa shape index (κ2) is 6.56. The van der Waals surface area contributed by atoms with Crippen molar-refractivity contribution in [2.24, 2.45) is 18.4 Å². The maximum absolute atomic E-state index is 4.32. The molecule has 108 valence electrons. The van der Waals surface area contributed by atoms with Crippen LogP contribution in [0.2, 0.25) is 0 Å². The lowest BCUT2D eigenvalue weighted by Gasteiger charge is -2.37. The maximum Gasteiger partial charge on any atom is 0.0521 e. The summed E-state index contributed by atoms with van der Waals surface area (Å²) in [6.07, 6.45) is 12.3. The summed E-state index contributed by atoms with van der Waals surface area (Å²) in [5.74, 6) is 0.735. The van der Waals surface area contributed by atoms with Crippen molar-refractivity contribution >= 4 is 0 Å². The molecule has 1 aliphatic carbocycles. The van der Waals surface area contributed by atoms with Gasteiger partial charge in [-0.05, 0) is 42.7 Å². The molecule has 1 aliphatic rings. The summed E-state index contributed by atoms with van der Waals surface area (Å²) in [6, 6.07) is 0. The van der Waals surface area contributed by atoms with Crippen LogP contribution in [-0.2, 0) is 13.5 Å². The first-order valence-corrected chi connectivity index (χ1v) is 7.78. The lowest BCUT2D eigenvalue weighted by Crippen LogP contribution is -2.39. The monoisotopic (exact) mass is 263 g/mol. The minimum Gasteiger partial charge on any atom is -0.316 e. The summed E-state index contributed by atoms with van der Waals surface area (Å²) in [5, 5.41) is 8.01. The van der Waals surface area contributed by atoms with Crippen molar-refractivity contribution < 1.29 is 0 Å². The number of nitrogens with one attached hydrogen (secondary N) is 1. The Morgan fingerprint density at radius 2 is 2.05 bits per heavy atom. The van der Waals surface area contributed by atoms with Crippen LogP contribution >= 0.6 is 0 Å². The van der Waals surface area contributed by atoms with E-state index in [2.05, 4.69) is 30.5 Å². The molecule has 1 aromatic heterocycles. The SMILES string of the molecule is CC(C)CNCC1(Cc2cnn(C)c2)CCCCC1. The van der Waals surface area contributed by atoms with Crippen molar-refractivity contribution in [3.05, 3.63) is 18.0 Å². The molecular formula is C16H29N3. The van der Waals surface area contributed by atoms with Gasteiger partial charge in [-0.15, -0.1) is 0 Å². The van der Waals surface area contributed by atoms with Crippen molar-refractivity contribution in [1.82, 2.24) is 15.1 Å². The van der Waals surface area contributed by atoms with Gasteiger partial charge in [0.25, 0.3) is 0 Å². The van der Waals surface area contributed by atoms with E-state index in [1.54, 1.807) is 0 Å². The van der Waals surface area contributed by atoms with Crippen molar-refractivity contribution in [3.63, 3.8) is 0 Å². The van der Waals surface area contributed by atoms with Gasteiger partial charge in [0.15, 0.2) is 0 Å². The molecular weight excluding hydrogens is 234 g/mol. The molecule has 1 fully saturated rings. The molecule has 0 radical (unpaired) electrons. The summed E-state index contributed by atoms with van der Waals surface area (Å²) < 4.78 is 1.92. The Bertz CT molecular complexity index is 375. The molecule has 0 saturated heterocycles. The molecule has 1 N–H and O–H groups in total. The quantitative estimate of drug-likeness (QED) is 0.854. The van der Waals surface area contributed by atoms with Crippen LogP contribution in [0, 0.1) is 11.3 Å². The predicted molar refractivity (Wildman–Crippen MR) is 80.1 cm³/mol. The third-order valence-corrected chi connectivity index (χ3v) is 4.30. The molecule has 0 aliphatic heterocycles. The third kappa shape index (κ3) is 4.34. The normalized spacial score (nSPS) is 18.9. The van der Waals surface area contributed by atoms with Gasteiger partial charge < -0.3 is 5.32 Å². The fourth-order valence-electron chi connectivity index (χ4n) is 3.34. The van der Waals surface area contributed by atoms with E-state index in [9.17, 15) is 0 Å². The zero-order chi connectivity index (χ0) is 13.7. The van der Waals surface area contributed by atoms with Crippen molar-refractivity contribution in [3.8, 4) is 0 Å². The molecule has 0 spiro atoms. The van der Waals surface area contributed by atoms with E-state index < -0.39 is 0 Å². The molecule has 2 rings (SSSR count). The number of aromatic nitrogens is 2. The molecule has 0 unspecified atom stereocenters. The minimum atomic E-state index is 0.468. The summed E-state index contributed by atoms with van der Waals surface area (Å²) in [5.41, 5.74) is 1.87. The maximum atomic E-state index is 4.32. The first-order valence-electron chi connectivity index (χ1n) is 7.78. The van der Waals surface area contributed by atoms with Gasteiger partial charge >= 0.3 is 0 Å².